The van der Waals surface area contributed by atoms with E-state index in [-0.39, 0.29) is 39.6 Å². The van der Waals surface area contributed by atoms with Crippen LogP contribution in [0.4, 0.5) is 4.79 Å². The molecule has 0 radical (unpaired) electrons. The van der Waals surface area contributed by atoms with Crippen LogP contribution in [0.2, 0.25) is 0 Å². The molecule has 0 aliphatic carbocycles. The second-order valence-corrected chi connectivity index (χ2v) is 19.7. The first-order valence-electron chi connectivity index (χ1n) is 21.6. The minimum Gasteiger partial charge on any atom is -0.445 e. The summed E-state index contributed by atoms with van der Waals surface area (Å²) in [5.41, 5.74) is 3.76. The Morgan fingerprint density at radius 2 is 1.09 bits per heavy atom. The highest BCUT2D eigenvalue weighted by atomic mass is 35.6. The zero-order valence-electron chi connectivity index (χ0n) is 36.2. The van der Waals surface area contributed by atoms with Gasteiger partial charge >= 0.3 is 6.09 Å². The van der Waals surface area contributed by atoms with Crippen molar-refractivity contribution in [1.29, 1.82) is 0 Å². The van der Waals surface area contributed by atoms with Crippen LogP contribution in [0.3, 0.4) is 0 Å². The van der Waals surface area contributed by atoms with Crippen LogP contribution >= 0.6 is 46.6 Å². The fraction of sp³-hybridized carbons (Fsp3) is 0.380. The molecule has 0 bridgehead atoms. The smallest absolute Gasteiger partial charge is 0.407 e. The quantitative estimate of drug-likeness (QED) is 0.0643. The van der Waals surface area contributed by atoms with Gasteiger partial charge in [-0.15, -0.1) is 0 Å². The number of nitrogens with one attached hydrogen (secondary N) is 1. The monoisotopic (exact) mass is 981 g/mol. The molecule has 12 nitrogen and oxygen atoms in total. The van der Waals surface area contributed by atoms with Gasteiger partial charge in [0.05, 0.1) is 45.7 Å². The number of aliphatic hydroxyl groups is 2. The lowest BCUT2D eigenvalue weighted by molar-refractivity contribution is -0.345. The molecule has 7 rings (SSSR count). The van der Waals surface area contributed by atoms with Crippen LogP contribution in [-0.2, 0) is 64.3 Å². The van der Waals surface area contributed by atoms with E-state index in [1.54, 1.807) is 0 Å². The Labute approximate surface area is 404 Å². The number of hydrogen-bond acceptors (Lipinski definition) is 12. The van der Waals surface area contributed by atoms with Crippen LogP contribution in [0, 0.1) is 6.92 Å². The van der Waals surface area contributed by atoms with Gasteiger partial charge in [-0.2, -0.15) is 0 Å². The zero-order chi connectivity index (χ0) is 46.3. The number of alkyl halides is 3. The summed E-state index contributed by atoms with van der Waals surface area (Å²) in [5, 5.41) is 27.6. The Balaban J connectivity index is 1.20. The first-order chi connectivity index (χ1) is 32.0. The van der Waals surface area contributed by atoms with Gasteiger partial charge in [0.25, 0.3) is 0 Å². The highest BCUT2D eigenvalue weighted by molar-refractivity contribution is 7.99. The summed E-state index contributed by atoms with van der Waals surface area (Å²) in [4.78, 5) is 14.1. The number of thioether (sulfide) groups is 1. The lowest BCUT2D eigenvalue weighted by Crippen LogP contribution is -2.67. The lowest BCUT2D eigenvalue weighted by atomic mass is 9.96. The van der Waals surface area contributed by atoms with Crippen LogP contribution in [0.25, 0.3) is 0 Å². The van der Waals surface area contributed by atoms with Crippen molar-refractivity contribution in [2.45, 2.75) is 103 Å². The van der Waals surface area contributed by atoms with Gasteiger partial charge < -0.3 is 53.4 Å². The second-order valence-electron chi connectivity index (χ2n) is 16.0. The largest absolute Gasteiger partial charge is 0.445 e. The topological polar surface area (TPSA) is 143 Å². The Hall–Kier alpha value is -3.77. The van der Waals surface area contributed by atoms with Gasteiger partial charge in [0.2, 0.25) is 3.79 Å². The third-order valence-electron chi connectivity index (χ3n) is 10.9. The molecular formula is C50H54Cl3NO11S. The molecule has 0 saturated carbocycles. The Morgan fingerprint density at radius 1 is 0.621 bits per heavy atom. The second kappa shape index (κ2) is 25.0. The van der Waals surface area contributed by atoms with Crippen LogP contribution in [0.5, 0.6) is 0 Å². The SMILES string of the molecule is Cc1ccc(S[C@@H]2O[C@H](COCc3ccccc3)[C@@H](O[C@@H]3O[C@H](COCc4ccccc4)[C@H](OCc4ccccc4)[C@H](OCc4ccccc4)[C@H]3O)[C@H](O)[C@H]2NC(=O)OCC(Cl)(Cl)Cl)cc1. The van der Waals surface area contributed by atoms with E-state index in [1.807, 2.05) is 153 Å². The molecule has 5 aromatic carbocycles. The van der Waals surface area contributed by atoms with E-state index in [0.717, 1.165) is 32.7 Å². The number of carbonyl (C=O) groups is 1. The summed E-state index contributed by atoms with van der Waals surface area (Å²) in [7, 11) is 0. The molecule has 2 saturated heterocycles. The third kappa shape index (κ3) is 15.1. The van der Waals surface area contributed by atoms with Gasteiger partial charge in [0.1, 0.15) is 54.8 Å². The molecule has 0 aromatic heterocycles. The van der Waals surface area contributed by atoms with Gasteiger partial charge in [-0.05, 0) is 41.3 Å². The van der Waals surface area contributed by atoms with Gasteiger partial charge in [-0.1, -0.05) is 186 Å². The van der Waals surface area contributed by atoms with Crippen molar-refractivity contribution < 1.29 is 52.9 Å². The van der Waals surface area contributed by atoms with E-state index in [1.165, 1.54) is 11.8 Å². The molecule has 0 spiro atoms. The van der Waals surface area contributed by atoms with Crippen molar-refractivity contribution in [3.63, 3.8) is 0 Å². The molecule has 352 valence electrons. The van der Waals surface area contributed by atoms with Crippen LogP contribution in [0.15, 0.2) is 150 Å². The average molecular weight is 983 g/mol. The van der Waals surface area contributed by atoms with Crippen LogP contribution in [-0.4, -0.2) is 100 Å². The first kappa shape index (κ1) is 50.1. The summed E-state index contributed by atoms with van der Waals surface area (Å²) >= 11 is 19.0. The predicted molar refractivity (Wildman–Crippen MR) is 252 cm³/mol. The molecular weight excluding hydrogens is 929 g/mol. The van der Waals surface area contributed by atoms with Gasteiger partial charge in [-0.3, -0.25) is 0 Å². The van der Waals surface area contributed by atoms with Gasteiger partial charge in [0, 0.05) is 4.90 Å². The van der Waals surface area contributed by atoms with Crippen molar-refractivity contribution in [2.75, 3.05) is 19.8 Å². The molecule has 5 aromatic rings. The molecule has 1 amide bonds. The molecule has 2 aliphatic heterocycles. The maximum absolute atomic E-state index is 13.3. The molecule has 66 heavy (non-hydrogen) atoms. The van der Waals surface area contributed by atoms with E-state index in [0.29, 0.717) is 0 Å². The minimum absolute atomic E-state index is 0.0218. The summed E-state index contributed by atoms with van der Waals surface area (Å²) in [6.07, 6.45) is -10.4. The number of aryl methyl sites for hydroxylation is 1. The maximum atomic E-state index is 13.3. The fourth-order valence-electron chi connectivity index (χ4n) is 7.51. The van der Waals surface area contributed by atoms with E-state index in [9.17, 15) is 15.0 Å². The zero-order valence-corrected chi connectivity index (χ0v) is 39.3. The number of hydrogen-bond donors (Lipinski definition) is 3. The minimum atomic E-state index is -1.89. The predicted octanol–water partition coefficient (Wildman–Crippen LogP) is 8.71. The number of carbonyl (C=O) groups excluding carboxylic acids is 1. The van der Waals surface area contributed by atoms with Crippen LogP contribution in [0.1, 0.15) is 27.8 Å². The van der Waals surface area contributed by atoms with Gasteiger partial charge in [-0.25, -0.2) is 4.79 Å². The normalized spacial score (nSPS) is 25.5. The summed E-state index contributed by atoms with van der Waals surface area (Å²) < 4.78 is 49.1. The fourth-order valence-corrected chi connectivity index (χ4v) is 8.81. The number of alkyl carbamates (subject to hydrolysis) is 1. The third-order valence-corrected chi connectivity index (χ3v) is 12.4. The molecule has 0 unspecified atom stereocenters. The molecule has 2 aliphatic rings. The number of amides is 1. The standard InChI is InChI=1S/C50H54Cl3NO11S/c1-33-22-24-38(25-23-33)66-48-41(54-49(57)62-32-50(51,52)53)42(55)44(39(64-48)30-58-26-34-14-6-2-7-15-34)65-47-43(56)46(61-29-37-20-12-5-13-21-37)45(60-28-36-18-10-4-11-19-36)40(63-47)31-59-27-35-16-8-3-9-17-35/h2-25,39-48,55-56H,26-32H2,1H3,(H,54,57)/t39-,40-,41-,42-,43-,44-,45+,46-,47+,48+/m1/s1. The number of rotatable bonds is 20. The highest BCUT2D eigenvalue weighted by Gasteiger charge is 2.53. The van der Waals surface area contributed by atoms with Crippen molar-refractivity contribution in [3.05, 3.63) is 173 Å². The highest BCUT2D eigenvalue weighted by Crippen LogP contribution is 2.38. The number of aliphatic hydroxyl groups excluding tert-OH is 2. The van der Waals surface area contributed by atoms with Gasteiger partial charge in [0.15, 0.2) is 6.29 Å². The first-order valence-corrected chi connectivity index (χ1v) is 23.6. The Kier molecular flexibility index (Phi) is 19.0. The van der Waals surface area contributed by atoms with Crippen molar-refractivity contribution in [1.82, 2.24) is 5.32 Å². The number of halogens is 3. The molecule has 3 N–H and O–H groups in total. The number of ether oxygens (including phenoxy) is 8. The number of benzene rings is 5. The van der Waals surface area contributed by atoms with E-state index < -0.39 is 77.0 Å². The van der Waals surface area contributed by atoms with E-state index in [2.05, 4.69) is 5.32 Å². The molecule has 16 heteroatoms. The Bertz CT molecular complexity index is 2180. The molecule has 2 heterocycles. The van der Waals surface area contributed by atoms with Crippen molar-refractivity contribution >= 4 is 52.7 Å². The molecule has 2 fully saturated rings. The Morgan fingerprint density at radius 3 is 1.59 bits per heavy atom. The summed E-state index contributed by atoms with van der Waals surface area (Å²) in [6.45, 7) is 2.18. The maximum Gasteiger partial charge on any atom is 0.407 e. The van der Waals surface area contributed by atoms with Crippen molar-refractivity contribution in [2.24, 2.45) is 0 Å². The van der Waals surface area contributed by atoms with Crippen LogP contribution < -0.4 is 5.32 Å². The average Bonchev–Trinajstić information content (AvgIpc) is 3.32. The molecule has 10 atom stereocenters. The lowest BCUT2D eigenvalue weighted by Gasteiger charge is -2.48. The summed E-state index contributed by atoms with van der Waals surface area (Å²) in [5.74, 6) is 0. The summed E-state index contributed by atoms with van der Waals surface area (Å²) in [6, 6.07) is 45.1. The van der Waals surface area contributed by atoms with Crippen molar-refractivity contribution in [3.8, 4) is 0 Å². The van der Waals surface area contributed by atoms with E-state index in [4.69, 9.17) is 72.7 Å². The van der Waals surface area contributed by atoms with E-state index >= 15 is 0 Å².